The molecular weight excluding hydrogens is 282 g/mol. The molecule has 0 aliphatic carbocycles. The Morgan fingerprint density at radius 1 is 1.40 bits per heavy atom. The highest BCUT2D eigenvalue weighted by atomic mass is 35.5. The average Bonchev–Trinajstić information content (AvgIpc) is 2.43. The van der Waals surface area contributed by atoms with Crippen LogP contribution < -0.4 is 10.1 Å². The van der Waals surface area contributed by atoms with Gasteiger partial charge in [0.2, 0.25) is 0 Å². The summed E-state index contributed by atoms with van der Waals surface area (Å²) in [5, 5.41) is 14.1. The second kappa shape index (κ2) is 6.31. The Morgan fingerprint density at radius 2 is 2.10 bits per heavy atom. The topological polar surface area (TPSA) is 77.3 Å². The summed E-state index contributed by atoms with van der Waals surface area (Å²) in [6.07, 6.45) is 1.30. The Morgan fingerprint density at radius 3 is 2.70 bits per heavy atom. The summed E-state index contributed by atoms with van der Waals surface area (Å²) in [5.41, 5.74) is 0.815. The molecule has 0 saturated carbocycles. The maximum atomic E-state index is 10.9. The van der Waals surface area contributed by atoms with Gasteiger partial charge in [-0.15, -0.1) is 0 Å². The van der Waals surface area contributed by atoms with E-state index in [0.717, 1.165) is 12.1 Å². The molecule has 0 radical (unpaired) electrons. The number of pyridine rings is 1. The molecule has 6 nitrogen and oxygen atoms in total. The molecular formula is C13H12ClN3O3. The SMILES string of the molecule is CNCc1ccc(Oc2ncc(Cl)cc2[N+](=O)[O-])cc1. The van der Waals surface area contributed by atoms with Crippen LogP contribution in [0.5, 0.6) is 11.6 Å². The fraction of sp³-hybridized carbons (Fsp3) is 0.154. The van der Waals surface area contributed by atoms with Gasteiger partial charge in [-0.3, -0.25) is 10.1 Å². The summed E-state index contributed by atoms with van der Waals surface area (Å²) in [4.78, 5) is 14.2. The van der Waals surface area contributed by atoms with E-state index in [1.165, 1.54) is 12.3 Å². The van der Waals surface area contributed by atoms with E-state index in [1.807, 2.05) is 19.2 Å². The van der Waals surface area contributed by atoms with E-state index >= 15 is 0 Å². The van der Waals surface area contributed by atoms with Crippen LogP contribution in [0, 0.1) is 10.1 Å². The zero-order valence-corrected chi connectivity index (χ0v) is 11.4. The van der Waals surface area contributed by atoms with Crippen molar-refractivity contribution < 1.29 is 9.66 Å². The van der Waals surface area contributed by atoms with Gasteiger partial charge in [-0.25, -0.2) is 4.98 Å². The minimum absolute atomic E-state index is 0.0826. The van der Waals surface area contributed by atoms with Gasteiger partial charge in [0.05, 0.1) is 16.1 Å². The van der Waals surface area contributed by atoms with Crippen LogP contribution in [0.3, 0.4) is 0 Å². The van der Waals surface area contributed by atoms with Crippen molar-refractivity contribution in [2.24, 2.45) is 0 Å². The molecule has 0 aliphatic heterocycles. The number of rotatable bonds is 5. The van der Waals surface area contributed by atoms with E-state index in [0.29, 0.717) is 5.75 Å². The van der Waals surface area contributed by atoms with E-state index in [9.17, 15) is 10.1 Å². The van der Waals surface area contributed by atoms with Gasteiger partial charge in [-0.05, 0) is 24.7 Å². The molecule has 1 N–H and O–H groups in total. The number of benzene rings is 1. The molecule has 1 heterocycles. The molecule has 0 bridgehead atoms. The lowest BCUT2D eigenvalue weighted by atomic mass is 10.2. The highest BCUT2D eigenvalue weighted by Gasteiger charge is 2.18. The van der Waals surface area contributed by atoms with Crippen molar-refractivity contribution >= 4 is 17.3 Å². The van der Waals surface area contributed by atoms with Crippen LogP contribution in [0.25, 0.3) is 0 Å². The summed E-state index contributed by atoms with van der Waals surface area (Å²) in [6, 6.07) is 8.40. The maximum absolute atomic E-state index is 10.9. The normalized spacial score (nSPS) is 10.3. The Kier molecular flexibility index (Phi) is 4.49. The van der Waals surface area contributed by atoms with E-state index in [4.69, 9.17) is 16.3 Å². The first-order valence-corrected chi connectivity index (χ1v) is 6.19. The molecule has 0 fully saturated rings. The Balaban J connectivity index is 2.23. The third-order valence-electron chi connectivity index (χ3n) is 2.51. The van der Waals surface area contributed by atoms with Crippen LogP contribution in [0.15, 0.2) is 36.5 Å². The number of nitro groups is 1. The zero-order valence-electron chi connectivity index (χ0n) is 10.7. The molecule has 0 aliphatic rings. The van der Waals surface area contributed by atoms with Gasteiger partial charge < -0.3 is 10.1 Å². The monoisotopic (exact) mass is 293 g/mol. The minimum atomic E-state index is -0.580. The van der Waals surface area contributed by atoms with Gasteiger partial charge in [0.15, 0.2) is 0 Å². The molecule has 0 unspecified atom stereocenters. The van der Waals surface area contributed by atoms with E-state index in [1.54, 1.807) is 12.1 Å². The fourth-order valence-electron chi connectivity index (χ4n) is 1.62. The summed E-state index contributed by atoms with van der Waals surface area (Å²) in [5.74, 6) is 0.392. The summed E-state index contributed by atoms with van der Waals surface area (Å²) >= 11 is 5.69. The maximum Gasteiger partial charge on any atom is 0.332 e. The van der Waals surface area contributed by atoms with E-state index in [2.05, 4.69) is 10.3 Å². The molecule has 2 rings (SSSR count). The van der Waals surface area contributed by atoms with Crippen LogP contribution in [-0.2, 0) is 6.54 Å². The molecule has 1 aromatic heterocycles. The molecule has 7 heteroatoms. The second-order valence-corrected chi connectivity index (χ2v) is 4.45. The summed E-state index contributed by atoms with van der Waals surface area (Å²) in [7, 11) is 1.85. The van der Waals surface area contributed by atoms with Crippen molar-refractivity contribution in [3.8, 4) is 11.6 Å². The van der Waals surface area contributed by atoms with Crippen molar-refractivity contribution in [3.05, 3.63) is 57.2 Å². The number of aromatic nitrogens is 1. The first-order valence-electron chi connectivity index (χ1n) is 5.81. The van der Waals surface area contributed by atoms with Crippen LogP contribution in [0.1, 0.15) is 5.56 Å². The van der Waals surface area contributed by atoms with Crippen molar-refractivity contribution in [3.63, 3.8) is 0 Å². The molecule has 20 heavy (non-hydrogen) atoms. The van der Waals surface area contributed by atoms with Gasteiger partial charge in [0.25, 0.3) is 5.88 Å². The van der Waals surface area contributed by atoms with Gasteiger partial charge in [0.1, 0.15) is 5.75 Å². The highest BCUT2D eigenvalue weighted by molar-refractivity contribution is 6.30. The predicted molar refractivity (Wildman–Crippen MR) is 75.2 cm³/mol. The minimum Gasteiger partial charge on any atom is -0.434 e. The lowest BCUT2D eigenvalue weighted by Gasteiger charge is -2.06. The smallest absolute Gasteiger partial charge is 0.332 e. The van der Waals surface area contributed by atoms with E-state index < -0.39 is 4.92 Å². The number of nitrogens with zero attached hydrogens (tertiary/aromatic N) is 2. The summed E-state index contributed by atoms with van der Waals surface area (Å²) in [6.45, 7) is 0.736. The van der Waals surface area contributed by atoms with Crippen molar-refractivity contribution in [2.75, 3.05) is 7.05 Å². The van der Waals surface area contributed by atoms with Crippen molar-refractivity contribution in [1.82, 2.24) is 10.3 Å². The van der Waals surface area contributed by atoms with Gasteiger partial charge in [0, 0.05) is 12.6 Å². The van der Waals surface area contributed by atoms with Crippen LogP contribution >= 0.6 is 11.6 Å². The van der Waals surface area contributed by atoms with Gasteiger partial charge in [-0.2, -0.15) is 0 Å². The standard InChI is InChI=1S/C13H12ClN3O3/c1-15-7-9-2-4-11(5-3-9)20-13-12(17(18)19)6-10(14)8-16-13/h2-6,8,15H,7H2,1H3. The van der Waals surface area contributed by atoms with Gasteiger partial charge >= 0.3 is 5.69 Å². The molecule has 104 valence electrons. The molecule has 0 atom stereocenters. The van der Waals surface area contributed by atoms with E-state index in [-0.39, 0.29) is 16.6 Å². The number of ether oxygens (including phenoxy) is 1. The lowest BCUT2D eigenvalue weighted by Crippen LogP contribution is -2.04. The third kappa shape index (κ3) is 3.43. The molecule has 2 aromatic rings. The molecule has 0 saturated heterocycles. The highest BCUT2D eigenvalue weighted by Crippen LogP contribution is 2.31. The number of nitrogens with one attached hydrogen (secondary N) is 1. The van der Waals surface area contributed by atoms with Crippen molar-refractivity contribution in [2.45, 2.75) is 6.54 Å². The fourth-order valence-corrected chi connectivity index (χ4v) is 1.77. The number of halogens is 1. The third-order valence-corrected chi connectivity index (χ3v) is 2.72. The molecule has 0 spiro atoms. The first kappa shape index (κ1) is 14.2. The predicted octanol–water partition coefficient (Wildman–Crippen LogP) is 3.15. The summed E-state index contributed by atoms with van der Waals surface area (Å²) < 4.78 is 5.43. The zero-order chi connectivity index (χ0) is 14.5. The Bertz CT molecular complexity index is 617. The van der Waals surface area contributed by atoms with Crippen LogP contribution in [-0.4, -0.2) is 17.0 Å². The Labute approximate surface area is 120 Å². The molecule has 1 aromatic carbocycles. The average molecular weight is 294 g/mol. The van der Waals surface area contributed by atoms with Crippen LogP contribution in [0.4, 0.5) is 5.69 Å². The van der Waals surface area contributed by atoms with Crippen molar-refractivity contribution in [1.29, 1.82) is 0 Å². The number of hydrogen-bond donors (Lipinski definition) is 1. The largest absolute Gasteiger partial charge is 0.434 e. The first-order chi connectivity index (χ1) is 9.60. The Hall–Kier alpha value is -2.18. The molecule has 0 amide bonds. The van der Waals surface area contributed by atoms with Gasteiger partial charge in [-0.1, -0.05) is 23.7 Å². The number of hydrogen-bond acceptors (Lipinski definition) is 5. The lowest BCUT2D eigenvalue weighted by molar-refractivity contribution is -0.386. The quantitative estimate of drug-likeness (QED) is 0.677. The second-order valence-electron chi connectivity index (χ2n) is 4.01. The van der Waals surface area contributed by atoms with Crippen LogP contribution in [0.2, 0.25) is 5.02 Å².